The molecule has 0 radical (unpaired) electrons. The molecule has 10 nitrogen and oxygen atoms in total. The van der Waals surface area contributed by atoms with Gasteiger partial charge in [0.15, 0.2) is 0 Å². The smallest absolute Gasteiger partial charge is 0.253 e. The van der Waals surface area contributed by atoms with Gasteiger partial charge in [-0.15, -0.1) is 0 Å². The van der Waals surface area contributed by atoms with E-state index in [1.165, 1.54) is 18.2 Å². The Morgan fingerprint density at radius 2 is 1.41 bits per heavy atom. The number of aliphatic hydroxyl groups excluding tert-OH is 2. The van der Waals surface area contributed by atoms with Crippen LogP contribution in [0.25, 0.3) is 0 Å². The first-order valence-electron chi connectivity index (χ1n) is 15.5. The van der Waals surface area contributed by atoms with Gasteiger partial charge in [0.1, 0.15) is 6.10 Å². The minimum atomic E-state index is -1.49. The monoisotopic (exact) mass is 610 g/mol. The average Bonchev–Trinajstić information content (AvgIpc) is 2.98. The van der Waals surface area contributed by atoms with Gasteiger partial charge in [0.2, 0.25) is 11.8 Å². The summed E-state index contributed by atoms with van der Waals surface area (Å²) in [5, 5.41) is 28.3. The number of carbonyl (C=O) groups excluding carboxylic acids is 4. The van der Waals surface area contributed by atoms with Gasteiger partial charge in [-0.1, -0.05) is 71.9 Å². The van der Waals surface area contributed by atoms with Crippen molar-refractivity contribution < 1.29 is 29.4 Å². The maximum Gasteiger partial charge on any atom is 0.253 e. The van der Waals surface area contributed by atoms with E-state index in [9.17, 15) is 29.4 Å². The minimum absolute atomic E-state index is 0.00454. The van der Waals surface area contributed by atoms with Crippen LogP contribution in [0.4, 0.5) is 0 Å². The van der Waals surface area contributed by atoms with Gasteiger partial charge < -0.3 is 31.5 Å². The highest BCUT2D eigenvalue weighted by Gasteiger charge is 2.38. The zero-order chi connectivity index (χ0) is 33.0. The molecule has 0 heterocycles. The Bertz CT molecular complexity index is 1240. The third-order valence-corrected chi connectivity index (χ3v) is 7.50. The summed E-state index contributed by atoms with van der Waals surface area (Å²) in [7, 11) is 0. The molecule has 0 spiro atoms. The number of rotatable bonds is 17. The predicted octanol–water partition coefficient (Wildman–Crippen LogP) is 3.50. The van der Waals surface area contributed by atoms with E-state index in [2.05, 4.69) is 10.6 Å². The molecule has 0 unspecified atom stereocenters. The van der Waals surface area contributed by atoms with Gasteiger partial charge in [0.05, 0.1) is 18.1 Å². The number of benzene rings is 2. The van der Waals surface area contributed by atoms with Crippen LogP contribution in [0.3, 0.4) is 0 Å². The summed E-state index contributed by atoms with van der Waals surface area (Å²) < 4.78 is 0. The van der Waals surface area contributed by atoms with Gasteiger partial charge in [-0.05, 0) is 54.9 Å². The molecule has 2 rings (SSSR count). The van der Waals surface area contributed by atoms with Gasteiger partial charge in [-0.3, -0.25) is 19.2 Å². The van der Waals surface area contributed by atoms with Crippen LogP contribution in [0.15, 0.2) is 48.5 Å². The van der Waals surface area contributed by atoms with Crippen LogP contribution in [-0.4, -0.2) is 70.1 Å². The second-order valence-corrected chi connectivity index (χ2v) is 12.1. The molecule has 0 aliphatic heterocycles. The van der Waals surface area contributed by atoms with Crippen LogP contribution in [-0.2, 0) is 11.3 Å². The molecular formula is C34H50N4O6. The largest absolute Gasteiger partial charge is 0.390 e. The molecule has 242 valence electrons. The SMILES string of the molecule is CCCN(CCC)C(=O)c1cc(C(N)=O)cc(C(=O)N[C@@H](CC(C)C)[C@@H](O)[C@H](O)[C@H](C(=O)NCc2ccccc2)C(C)C)c1. The maximum atomic E-state index is 13.6. The standard InChI is InChI=1S/C34H50N4O6/c1-7-14-38(15-8-2)34(44)26-18-24(31(35)41)17-25(19-26)32(42)37-27(16-21(3)4)29(39)30(40)28(22(5)6)33(43)36-20-23-12-10-9-11-13-23/h9-13,17-19,21-22,27-30,39-40H,7-8,14-16,20H2,1-6H3,(H2,35,41)(H,36,43)(H,37,42)/t27-,28+,29+,30+/m0/s1. The Labute approximate surface area is 261 Å². The fraction of sp³-hybridized carbons (Fsp3) is 0.529. The van der Waals surface area contributed by atoms with E-state index in [-0.39, 0.29) is 41.0 Å². The molecular weight excluding hydrogens is 560 g/mol. The number of aliphatic hydroxyl groups is 2. The van der Waals surface area contributed by atoms with Crippen molar-refractivity contribution in [2.24, 2.45) is 23.5 Å². The van der Waals surface area contributed by atoms with Crippen molar-refractivity contribution in [3.63, 3.8) is 0 Å². The lowest BCUT2D eigenvalue weighted by Gasteiger charge is -2.34. The van der Waals surface area contributed by atoms with E-state index in [1.807, 2.05) is 58.0 Å². The molecule has 0 saturated carbocycles. The summed E-state index contributed by atoms with van der Waals surface area (Å²) in [5.74, 6) is -3.43. The van der Waals surface area contributed by atoms with Crippen LogP contribution in [0.5, 0.6) is 0 Å². The van der Waals surface area contributed by atoms with Crippen LogP contribution in [0.2, 0.25) is 0 Å². The zero-order valence-corrected chi connectivity index (χ0v) is 26.9. The summed E-state index contributed by atoms with van der Waals surface area (Å²) >= 11 is 0. The lowest BCUT2D eigenvalue weighted by Crippen LogP contribution is -2.54. The van der Waals surface area contributed by atoms with Crippen LogP contribution >= 0.6 is 0 Å². The summed E-state index contributed by atoms with van der Waals surface area (Å²) in [4.78, 5) is 53.9. The lowest BCUT2D eigenvalue weighted by atomic mass is 9.83. The van der Waals surface area contributed by atoms with Crippen molar-refractivity contribution in [1.29, 1.82) is 0 Å². The molecule has 0 aliphatic carbocycles. The summed E-state index contributed by atoms with van der Waals surface area (Å²) in [6, 6.07) is 12.5. The molecule has 0 saturated heterocycles. The first-order chi connectivity index (χ1) is 20.8. The molecule has 2 aromatic carbocycles. The highest BCUT2D eigenvalue weighted by atomic mass is 16.3. The van der Waals surface area contributed by atoms with Gasteiger partial charge in [0.25, 0.3) is 11.8 Å². The Hall–Kier alpha value is -3.76. The van der Waals surface area contributed by atoms with Gasteiger partial charge in [-0.2, -0.15) is 0 Å². The van der Waals surface area contributed by atoms with Crippen molar-refractivity contribution >= 4 is 23.6 Å². The Morgan fingerprint density at radius 3 is 1.93 bits per heavy atom. The molecule has 4 atom stereocenters. The molecule has 0 fully saturated rings. The Morgan fingerprint density at radius 1 is 0.841 bits per heavy atom. The van der Waals surface area contributed by atoms with E-state index in [0.29, 0.717) is 19.5 Å². The first-order valence-corrected chi connectivity index (χ1v) is 15.5. The third-order valence-electron chi connectivity index (χ3n) is 7.50. The normalized spacial score (nSPS) is 14.0. The van der Waals surface area contributed by atoms with Crippen molar-refractivity contribution in [1.82, 2.24) is 15.5 Å². The second kappa shape index (κ2) is 17.5. The first kappa shape index (κ1) is 36.4. The molecule has 2 aromatic rings. The minimum Gasteiger partial charge on any atom is -0.390 e. The highest BCUT2D eigenvalue weighted by Crippen LogP contribution is 2.23. The van der Waals surface area contributed by atoms with E-state index in [1.54, 1.807) is 18.7 Å². The summed E-state index contributed by atoms with van der Waals surface area (Å²) in [5.41, 5.74) is 6.62. The molecule has 10 heteroatoms. The molecule has 4 amide bonds. The van der Waals surface area contributed by atoms with E-state index >= 15 is 0 Å². The van der Waals surface area contributed by atoms with Crippen molar-refractivity contribution in [3.05, 3.63) is 70.8 Å². The molecule has 44 heavy (non-hydrogen) atoms. The quantitative estimate of drug-likeness (QED) is 0.184. The third kappa shape index (κ3) is 10.4. The van der Waals surface area contributed by atoms with E-state index < -0.39 is 41.9 Å². The lowest BCUT2D eigenvalue weighted by molar-refractivity contribution is -0.136. The topological polar surface area (TPSA) is 162 Å². The highest BCUT2D eigenvalue weighted by molar-refractivity contribution is 6.04. The van der Waals surface area contributed by atoms with Gasteiger partial charge >= 0.3 is 0 Å². The molecule has 0 bridgehead atoms. The predicted molar refractivity (Wildman–Crippen MR) is 171 cm³/mol. The summed E-state index contributed by atoms with van der Waals surface area (Å²) in [6.45, 7) is 12.6. The van der Waals surface area contributed by atoms with Crippen LogP contribution in [0, 0.1) is 17.8 Å². The van der Waals surface area contributed by atoms with Gasteiger partial charge in [0, 0.05) is 36.3 Å². The number of hydrogen-bond donors (Lipinski definition) is 5. The number of amides is 4. The second-order valence-electron chi connectivity index (χ2n) is 12.1. The Kier molecular flexibility index (Phi) is 14.5. The van der Waals surface area contributed by atoms with Crippen LogP contribution < -0.4 is 16.4 Å². The number of primary amides is 1. The number of nitrogens with one attached hydrogen (secondary N) is 2. The number of hydrogen-bond acceptors (Lipinski definition) is 6. The Balaban J connectivity index is 2.34. The van der Waals surface area contributed by atoms with E-state index in [4.69, 9.17) is 5.73 Å². The number of carbonyl (C=O) groups is 4. The average molecular weight is 611 g/mol. The maximum absolute atomic E-state index is 13.6. The zero-order valence-electron chi connectivity index (χ0n) is 26.9. The van der Waals surface area contributed by atoms with Gasteiger partial charge in [-0.25, -0.2) is 0 Å². The molecule has 0 aliphatic rings. The van der Waals surface area contributed by atoms with Crippen molar-refractivity contribution in [2.75, 3.05) is 13.1 Å². The summed E-state index contributed by atoms with van der Waals surface area (Å²) in [6.07, 6.45) is -1.19. The number of nitrogens with zero attached hydrogens (tertiary/aromatic N) is 1. The van der Waals surface area contributed by atoms with Crippen molar-refractivity contribution in [3.8, 4) is 0 Å². The van der Waals surface area contributed by atoms with E-state index in [0.717, 1.165) is 18.4 Å². The number of nitrogens with two attached hydrogens (primary N) is 1. The molecule has 6 N–H and O–H groups in total. The molecule has 0 aromatic heterocycles. The van der Waals surface area contributed by atoms with Crippen LogP contribution in [0.1, 0.15) is 97.4 Å². The van der Waals surface area contributed by atoms with Crippen molar-refractivity contribution in [2.45, 2.75) is 85.6 Å². The fourth-order valence-electron chi connectivity index (χ4n) is 5.31. The fourth-order valence-corrected chi connectivity index (χ4v) is 5.31.